The van der Waals surface area contributed by atoms with Crippen molar-refractivity contribution in [3.8, 4) is 0 Å². The molecule has 0 bridgehead atoms. The van der Waals surface area contributed by atoms with Crippen molar-refractivity contribution in [1.82, 2.24) is 0 Å². The number of anilines is 4. The second-order valence-electron chi connectivity index (χ2n) is 6.92. The topological polar surface area (TPSA) is 65.1 Å². The highest BCUT2D eigenvalue weighted by Gasteiger charge is 2.41. The normalized spacial score (nSPS) is 15.6. The third-order valence-corrected chi connectivity index (χ3v) is 5.05. The summed E-state index contributed by atoms with van der Waals surface area (Å²) in [5.41, 5.74) is 10.7. The molecule has 1 aliphatic rings. The predicted molar refractivity (Wildman–Crippen MR) is 104 cm³/mol. The molecule has 2 aromatic carbocycles. The van der Waals surface area contributed by atoms with Crippen LogP contribution in [0.2, 0.25) is 0 Å². The Bertz CT molecular complexity index is 824. The molecule has 27 heavy (non-hydrogen) atoms. The van der Waals surface area contributed by atoms with Gasteiger partial charge in [-0.2, -0.15) is 13.2 Å². The zero-order valence-corrected chi connectivity index (χ0v) is 15.1. The van der Waals surface area contributed by atoms with Crippen LogP contribution >= 0.6 is 0 Å². The molecule has 0 atom stereocenters. The van der Waals surface area contributed by atoms with Crippen molar-refractivity contribution in [2.75, 3.05) is 29.0 Å². The minimum Gasteiger partial charge on any atom is -0.398 e. The monoisotopic (exact) mass is 376 g/mol. The van der Waals surface area contributed by atoms with E-state index in [1.807, 2.05) is 36.1 Å². The second kappa shape index (κ2) is 7.50. The van der Waals surface area contributed by atoms with Crippen molar-refractivity contribution in [2.45, 2.75) is 25.9 Å². The lowest BCUT2D eigenvalue weighted by Crippen LogP contribution is -2.39. The number of alkyl halides is 3. The SMILES string of the molecule is Cc1cc(N2CCC(C(F)(F)F)CC2)ccc1Nc1ccc(N)c(C=N)c1. The van der Waals surface area contributed by atoms with E-state index < -0.39 is 12.1 Å². The van der Waals surface area contributed by atoms with Gasteiger partial charge in [0.25, 0.3) is 0 Å². The van der Waals surface area contributed by atoms with Crippen molar-refractivity contribution in [3.05, 3.63) is 47.5 Å². The first-order chi connectivity index (χ1) is 12.8. The Balaban J connectivity index is 1.70. The van der Waals surface area contributed by atoms with E-state index in [2.05, 4.69) is 5.32 Å². The number of nitrogens with one attached hydrogen (secondary N) is 2. The molecule has 0 aromatic heterocycles. The molecular formula is C20H23F3N4. The third kappa shape index (κ3) is 4.35. The Morgan fingerprint density at radius 2 is 1.85 bits per heavy atom. The molecule has 0 unspecified atom stereocenters. The van der Waals surface area contributed by atoms with Crippen molar-refractivity contribution >= 4 is 29.0 Å². The van der Waals surface area contributed by atoms with Gasteiger partial charge < -0.3 is 21.4 Å². The summed E-state index contributed by atoms with van der Waals surface area (Å²) in [6, 6.07) is 11.2. The molecule has 0 radical (unpaired) electrons. The molecule has 4 nitrogen and oxygen atoms in total. The zero-order valence-electron chi connectivity index (χ0n) is 15.1. The van der Waals surface area contributed by atoms with Gasteiger partial charge in [-0.1, -0.05) is 0 Å². The van der Waals surface area contributed by atoms with Gasteiger partial charge >= 0.3 is 6.18 Å². The van der Waals surface area contributed by atoms with Gasteiger partial charge in [0.1, 0.15) is 0 Å². The molecule has 0 saturated carbocycles. The number of aryl methyl sites for hydroxylation is 1. The number of nitrogens with two attached hydrogens (primary N) is 1. The van der Waals surface area contributed by atoms with Crippen LogP contribution in [0.15, 0.2) is 36.4 Å². The van der Waals surface area contributed by atoms with Gasteiger partial charge in [0.05, 0.1) is 5.92 Å². The second-order valence-corrected chi connectivity index (χ2v) is 6.92. The number of rotatable bonds is 4. The van der Waals surface area contributed by atoms with Crippen LogP contribution in [0.3, 0.4) is 0 Å². The maximum atomic E-state index is 12.8. The van der Waals surface area contributed by atoms with Gasteiger partial charge in [-0.25, -0.2) is 0 Å². The fourth-order valence-corrected chi connectivity index (χ4v) is 3.38. The summed E-state index contributed by atoms with van der Waals surface area (Å²) in [6.07, 6.45) is -2.61. The Kier molecular flexibility index (Phi) is 5.30. The van der Waals surface area contributed by atoms with E-state index in [0.29, 0.717) is 24.3 Å². The highest BCUT2D eigenvalue weighted by Crippen LogP contribution is 2.36. The molecule has 1 fully saturated rings. The Morgan fingerprint density at radius 1 is 1.15 bits per heavy atom. The molecule has 4 N–H and O–H groups in total. The van der Waals surface area contributed by atoms with Gasteiger partial charge in [-0.3, -0.25) is 0 Å². The summed E-state index contributed by atoms with van der Waals surface area (Å²) in [7, 11) is 0. The smallest absolute Gasteiger partial charge is 0.391 e. The average molecular weight is 376 g/mol. The quantitative estimate of drug-likeness (QED) is 0.514. The number of nitrogen functional groups attached to an aromatic ring is 1. The summed E-state index contributed by atoms with van der Waals surface area (Å²) >= 11 is 0. The lowest BCUT2D eigenvalue weighted by molar-refractivity contribution is -0.179. The van der Waals surface area contributed by atoms with Crippen molar-refractivity contribution in [1.29, 1.82) is 5.41 Å². The van der Waals surface area contributed by atoms with Crippen LogP contribution in [0.5, 0.6) is 0 Å². The summed E-state index contributed by atoms with van der Waals surface area (Å²) in [4.78, 5) is 2.01. The lowest BCUT2D eigenvalue weighted by atomic mass is 9.96. The summed E-state index contributed by atoms with van der Waals surface area (Å²) in [6.45, 7) is 2.79. The lowest BCUT2D eigenvalue weighted by Gasteiger charge is -2.34. The van der Waals surface area contributed by atoms with E-state index in [1.54, 1.807) is 12.1 Å². The average Bonchev–Trinajstić information content (AvgIpc) is 2.64. The van der Waals surface area contributed by atoms with Crippen LogP contribution in [-0.4, -0.2) is 25.5 Å². The number of hydrogen-bond acceptors (Lipinski definition) is 4. The molecule has 144 valence electrons. The van der Waals surface area contributed by atoms with Gasteiger partial charge in [-0.05, 0) is 61.7 Å². The number of benzene rings is 2. The maximum Gasteiger partial charge on any atom is 0.391 e. The minimum absolute atomic E-state index is 0.139. The first-order valence-corrected chi connectivity index (χ1v) is 8.87. The Labute approximate surface area is 156 Å². The van der Waals surface area contributed by atoms with Crippen LogP contribution < -0.4 is 16.0 Å². The van der Waals surface area contributed by atoms with Crippen LogP contribution in [0.4, 0.5) is 35.9 Å². The molecule has 0 aliphatic carbocycles. The first kappa shape index (κ1) is 19.1. The number of piperidine rings is 1. The van der Waals surface area contributed by atoms with Crippen LogP contribution in [0.1, 0.15) is 24.0 Å². The van der Waals surface area contributed by atoms with E-state index in [4.69, 9.17) is 11.1 Å². The summed E-state index contributed by atoms with van der Waals surface area (Å²) < 4.78 is 38.5. The van der Waals surface area contributed by atoms with Crippen molar-refractivity contribution in [2.24, 2.45) is 5.92 Å². The van der Waals surface area contributed by atoms with Gasteiger partial charge in [-0.15, -0.1) is 0 Å². The van der Waals surface area contributed by atoms with E-state index >= 15 is 0 Å². The number of hydrogen-bond donors (Lipinski definition) is 3. The van der Waals surface area contributed by atoms with Crippen LogP contribution in [0.25, 0.3) is 0 Å². The van der Waals surface area contributed by atoms with Crippen molar-refractivity contribution < 1.29 is 13.2 Å². The number of nitrogens with zero attached hydrogens (tertiary/aromatic N) is 1. The van der Waals surface area contributed by atoms with E-state index in [0.717, 1.165) is 22.6 Å². The molecule has 0 spiro atoms. The zero-order chi connectivity index (χ0) is 19.6. The first-order valence-electron chi connectivity index (χ1n) is 8.87. The molecule has 1 heterocycles. The highest BCUT2D eigenvalue weighted by atomic mass is 19.4. The largest absolute Gasteiger partial charge is 0.398 e. The Morgan fingerprint density at radius 3 is 2.44 bits per heavy atom. The molecule has 3 rings (SSSR count). The molecule has 7 heteroatoms. The standard InChI is InChI=1S/C20H23F3N4/c1-13-10-17(27-8-6-15(7-9-27)20(21,22)23)3-5-19(13)26-16-2-4-18(25)14(11-16)12-24/h2-5,10-12,15,24,26H,6-9,25H2,1H3. The highest BCUT2D eigenvalue weighted by molar-refractivity contribution is 5.87. The van der Waals surface area contributed by atoms with Crippen LogP contribution in [-0.2, 0) is 0 Å². The predicted octanol–water partition coefficient (Wildman–Crippen LogP) is 5.10. The van der Waals surface area contributed by atoms with Crippen LogP contribution in [0, 0.1) is 18.3 Å². The Hall–Kier alpha value is -2.70. The van der Waals surface area contributed by atoms with E-state index in [-0.39, 0.29) is 12.8 Å². The maximum absolute atomic E-state index is 12.8. The van der Waals surface area contributed by atoms with Gasteiger partial charge in [0, 0.05) is 47.6 Å². The fraction of sp³-hybridized carbons (Fsp3) is 0.350. The molecule has 1 saturated heterocycles. The van der Waals surface area contributed by atoms with Gasteiger partial charge in [0.15, 0.2) is 0 Å². The van der Waals surface area contributed by atoms with Crippen molar-refractivity contribution in [3.63, 3.8) is 0 Å². The molecule has 1 aliphatic heterocycles. The van der Waals surface area contributed by atoms with E-state index in [9.17, 15) is 13.2 Å². The molecule has 2 aromatic rings. The minimum atomic E-state index is -4.09. The number of halogens is 3. The molecule has 0 amide bonds. The molecular weight excluding hydrogens is 353 g/mol. The summed E-state index contributed by atoms with van der Waals surface area (Å²) in [5.74, 6) is -1.19. The fourth-order valence-electron chi connectivity index (χ4n) is 3.38. The summed E-state index contributed by atoms with van der Waals surface area (Å²) in [5, 5.41) is 10.7. The van der Waals surface area contributed by atoms with E-state index in [1.165, 1.54) is 6.21 Å². The third-order valence-electron chi connectivity index (χ3n) is 5.05. The van der Waals surface area contributed by atoms with Gasteiger partial charge in [0.2, 0.25) is 0 Å².